The van der Waals surface area contributed by atoms with E-state index in [2.05, 4.69) is 27.9 Å². The van der Waals surface area contributed by atoms with Gasteiger partial charge in [0.2, 0.25) is 5.88 Å². The summed E-state index contributed by atoms with van der Waals surface area (Å²) in [6.45, 7) is 3.00. The Morgan fingerprint density at radius 3 is 2.86 bits per heavy atom. The first kappa shape index (κ1) is 15.0. The summed E-state index contributed by atoms with van der Waals surface area (Å²) < 4.78 is 10.8. The molecule has 5 nitrogen and oxygen atoms in total. The topological polar surface area (TPSA) is 55.4 Å². The third-order valence-corrected chi connectivity index (χ3v) is 4.40. The monoisotopic (exact) mass is 317 g/mol. The first-order valence-corrected chi connectivity index (χ1v) is 8.08. The first-order chi connectivity index (χ1) is 10.7. The lowest BCUT2D eigenvalue weighted by molar-refractivity contribution is 0.402. The number of aromatic nitrogens is 1. The average Bonchev–Trinajstić information content (AvgIpc) is 3.02. The Kier molecular flexibility index (Phi) is 4.40. The van der Waals surface area contributed by atoms with Crippen LogP contribution in [0.25, 0.3) is 16.5 Å². The highest BCUT2D eigenvalue weighted by atomic mass is 32.2. The van der Waals surface area contributed by atoms with Crippen LogP contribution >= 0.6 is 11.8 Å². The predicted molar refractivity (Wildman–Crippen MR) is 91.0 cm³/mol. The molecule has 1 aromatic heterocycles. The van der Waals surface area contributed by atoms with Crippen molar-refractivity contribution in [1.29, 1.82) is 0 Å². The quantitative estimate of drug-likeness (QED) is 0.884. The molecule has 1 atom stereocenters. The van der Waals surface area contributed by atoms with E-state index in [9.17, 15) is 0 Å². The molecule has 2 N–H and O–H groups in total. The number of pyridine rings is 1. The fraction of sp³-hybridized carbons (Fsp3) is 0.312. The fourth-order valence-electron chi connectivity index (χ4n) is 2.39. The molecule has 2 aromatic rings. The van der Waals surface area contributed by atoms with Gasteiger partial charge in [-0.05, 0) is 41.6 Å². The molecule has 0 fully saturated rings. The number of nitrogens with one attached hydrogen (secondary N) is 2. The standard InChI is InChI=1S/C16H19N3O2S/c1-4-17-16-19-14(9-22-16)13-8-10-7-11(20-2)5-6-12(10)15(18-13)21-3/h5-9,16-17,19H,4H2,1-3H3. The van der Waals surface area contributed by atoms with Crippen molar-refractivity contribution >= 4 is 28.2 Å². The third-order valence-electron chi connectivity index (χ3n) is 3.47. The molecule has 0 saturated heterocycles. The number of rotatable bonds is 5. The van der Waals surface area contributed by atoms with Crippen LogP contribution in [0.5, 0.6) is 11.6 Å². The van der Waals surface area contributed by atoms with Gasteiger partial charge in [-0.25, -0.2) is 4.98 Å². The van der Waals surface area contributed by atoms with Gasteiger partial charge in [0.05, 0.1) is 25.6 Å². The second-order valence-electron chi connectivity index (χ2n) is 4.85. The molecule has 0 amide bonds. The molecule has 1 aliphatic heterocycles. The minimum atomic E-state index is 0.189. The molecule has 6 heteroatoms. The lowest BCUT2D eigenvalue weighted by Gasteiger charge is -2.14. The van der Waals surface area contributed by atoms with Gasteiger partial charge in [0.25, 0.3) is 0 Å². The van der Waals surface area contributed by atoms with Crippen LogP contribution in [0, 0.1) is 0 Å². The van der Waals surface area contributed by atoms with Crippen LogP contribution < -0.4 is 20.1 Å². The van der Waals surface area contributed by atoms with Crippen LogP contribution in [0.1, 0.15) is 12.6 Å². The molecular formula is C16H19N3O2S. The van der Waals surface area contributed by atoms with Gasteiger partial charge in [0.1, 0.15) is 11.2 Å². The second-order valence-corrected chi connectivity index (χ2v) is 5.83. The van der Waals surface area contributed by atoms with Gasteiger partial charge < -0.3 is 14.8 Å². The summed E-state index contributed by atoms with van der Waals surface area (Å²) in [6, 6.07) is 7.92. The maximum absolute atomic E-state index is 5.45. The molecule has 22 heavy (non-hydrogen) atoms. The Morgan fingerprint density at radius 1 is 1.27 bits per heavy atom. The highest BCUT2D eigenvalue weighted by molar-refractivity contribution is 8.03. The number of thioether (sulfide) groups is 1. The molecule has 2 heterocycles. The van der Waals surface area contributed by atoms with E-state index in [1.165, 1.54) is 0 Å². The van der Waals surface area contributed by atoms with Crippen molar-refractivity contribution in [2.75, 3.05) is 20.8 Å². The SMILES string of the molecule is CCNC1NC(c2cc3cc(OC)ccc3c(OC)n2)=CS1. The van der Waals surface area contributed by atoms with Crippen LogP contribution in [0.3, 0.4) is 0 Å². The highest BCUT2D eigenvalue weighted by Gasteiger charge is 2.19. The van der Waals surface area contributed by atoms with Crippen LogP contribution in [-0.2, 0) is 0 Å². The molecule has 0 spiro atoms. The largest absolute Gasteiger partial charge is 0.497 e. The van der Waals surface area contributed by atoms with E-state index >= 15 is 0 Å². The van der Waals surface area contributed by atoms with E-state index in [0.29, 0.717) is 5.88 Å². The molecular weight excluding hydrogens is 298 g/mol. The minimum Gasteiger partial charge on any atom is -0.497 e. The number of fused-ring (bicyclic) bond motifs is 1. The van der Waals surface area contributed by atoms with Crippen LogP contribution in [0.2, 0.25) is 0 Å². The first-order valence-electron chi connectivity index (χ1n) is 7.14. The Bertz CT molecular complexity index is 718. The molecule has 1 aliphatic rings. The number of ether oxygens (including phenoxy) is 2. The minimum absolute atomic E-state index is 0.189. The second kappa shape index (κ2) is 6.46. The Labute approximate surface area is 134 Å². The average molecular weight is 317 g/mol. The molecule has 1 aromatic carbocycles. The lowest BCUT2D eigenvalue weighted by atomic mass is 10.1. The van der Waals surface area contributed by atoms with Gasteiger partial charge >= 0.3 is 0 Å². The lowest BCUT2D eigenvalue weighted by Crippen LogP contribution is -2.35. The van der Waals surface area contributed by atoms with E-state index in [1.807, 2.05) is 24.3 Å². The molecule has 0 aliphatic carbocycles. The van der Waals surface area contributed by atoms with Crippen molar-refractivity contribution < 1.29 is 9.47 Å². The van der Waals surface area contributed by atoms with Gasteiger partial charge in [-0.15, -0.1) is 0 Å². The third kappa shape index (κ3) is 2.84. The fourth-order valence-corrected chi connectivity index (χ4v) is 3.31. The summed E-state index contributed by atoms with van der Waals surface area (Å²) in [7, 11) is 3.31. The molecule has 0 bridgehead atoms. The molecule has 116 valence electrons. The number of hydrogen-bond acceptors (Lipinski definition) is 6. The number of benzene rings is 1. The summed E-state index contributed by atoms with van der Waals surface area (Å²) in [5.41, 5.74) is 2.05. The van der Waals surface area contributed by atoms with Crippen molar-refractivity contribution in [3.05, 3.63) is 35.4 Å². The normalized spacial score (nSPS) is 17.2. The summed E-state index contributed by atoms with van der Waals surface area (Å²) in [6.07, 6.45) is 0. The van der Waals surface area contributed by atoms with Crippen molar-refractivity contribution in [2.24, 2.45) is 0 Å². The summed E-state index contributed by atoms with van der Waals surface area (Å²) in [4.78, 5) is 4.62. The highest BCUT2D eigenvalue weighted by Crippen LogP contribution is 2.32. The van der Waals surface area contributed by atoms with Crippen molar-refractivity contribution in [3.63, 3.8) is 0 Å². The predicted octanol–water partition coefficient (Wildman–Crippen LogP) is 2.78. The van der Waals surface area contributed by atoms with Crippen molar-refractivity contribution in [1.82, 2.24) is 15.6 Å². The van der Waals surface area contributed by atoms with Gasteiger partial charge in [0, 0.05) is 5.39 Å². The van der Waals surface area contributed by atoms with Gasteiger partial charge in [-0.1, -0.05) is 18.7 Å². The van der Waals surface area contributed by atoms with Crippen LogP contribution in [-0.4, -0.2) is 31.2 Å². The Balaban J connectivity index is 2.00. The maximum Gasteiger partial charge on any atom is 0.221 e. The summed E-state index contributed by atoms with van der Waals surface area (Å²) in [5, 5.41) is 10.9. The van der Waals surface area contributed by atoms with Gasteiger partial charge in [-0.3, -0.25) is 5.32 Å². The van der Waals surface area contributed by atoms with Crippen molar-refractivity contribution in [3.8, 4) is 11.6 Å². The summed E-state index contributed by atoms with van der Waals surface area (Å²) >= 11 is 1.71. The van der Waals surface area contributed by atoms with E-state index in [0.717, 1.165) is 34.5 Å². The van der Waals surface area contributed by atoms with E-state index < -0.39 is 0 Å². The maximum atomic E-state index is 5.45. The Hall–Kier alpha value is -1.92. The smallest absolute Gasteiger partial charge is 0.221 e. The van der Waals surface area contributed by atoms with Crippen LogP contribution in [0.15, 0.2) is 29.7 Å². The number of methoxy groups -OCH3 is 2. The van der Waals surface area contributed by atoms with E-state index in [1.54, 1.807) is 26.0 Å². The molecule has 3 rings (SSSR count). The van der Waals surface area contributed by atoms with E-state index in [4.69, 9.17) is 9.47 Å². The van der Waals surface area contributed by atoms with Crippen molar-refractivity contribution in [2.45, 2.75) is 12.4 Å². The molecule has 1 unspecified atom stereocenters. The zero-order valence-electron chi connectivity index (χ0n) is 12.8. The van der Waals surface area contributed by atoms with Gasteiger partial charge in [-0.2, -0.15) is 0 Å². The molecule has 0 saturated carbocycles. The summed E-state index contributed by atoms with van der Waals surface area (Å²) in [5.74, 6) is 1.44. The molecule has 0 radical (unpaired) electrons. The number of nitrogens with zero attached hydrogens (tertiary/aromatic N) is 1. The van der Waals surface area contributed by atoms with Crippen LogP contribution in [0.4, 0.5) is 0 Å². The zero-order valence-corrected chi connectivity index (χ0v) is 13.7. The Morgan fingerprint density at radius 2 is 2.14 bits per heavy atom. The van der Waals surface area contributed by atoms with E-state index in [-0.39, 0.29) is 5.50 Å². The number of hydrogen-bond donors (Lipinski definition) is 2. The zero-order chi connectivity index (χ0) is 15.5. The van der Waals surface area contributed by atoms with Gasteiger partial charge in [0.15, 0.2) is 0 Å².